The first-order chi connectivity index (χ1) is 14.6. The first-order valence-corrected chi connectivity index (χ1v) is 11.6. The van der Waals surface area contributed by atoms with E-state index in [0.717, 1.165) is 39.8 Å². The van der Waals surface area contributed by atoms with Crippen LogP contribution >= 0.6 is 15.9 Å². The normalized spacial score (nSPS) is 21.7. The van der Waals surface area contributed by atoms with E-state index in [-0.39, 0.29) is 17.9 Å². The molecule has 4 nitrogen and oxygen atoms in total. The Bertz CT molecular complexity index is 1070. The molecule has 1 N–H and O–H groups in total. The molecular weight excluding hydrogens is 438 g/mol. The zero-order chi connectivity index (χ0) is 20.7. The van der Waals surface area contributed by atoms with Gasteiger partial charge in [-0.2, -0.15) is 0 Å². The third-order valence-corrected chi connectivity index (χ3v) is 7.38. The molecule has 1 amide bonds. The molecule has 1 aliphatic carbocycles. The van der Waals surface area contributed by atoms with Crippen molar-refractivity contribution in [2.24, 2.45) is 5.92 Å². The molecule has 0 radical (unpaired) electrons. The number of hydrogen-bond acceptors (Lipinski definition) is 2. The number of hydrogen-bond donors (Lipinski definition) is 1. The van der Waals surface area contributed by atoms with Gasteiger partial charge in [0.25, 0.3) is 0 Å². The Morgan fingerprint density at radius 1 is 1.13 bits per heavy atom. The van der Waals surface area contributed by atoms with Crippen molar-refractivity contribution in [2.45, 2.75) is 50.6 Å². The maximum absolute atomic E-state index is 13.6. The van der Waals surface area contributed by atoms with Crippen LogP contribution in [-0.2, 0) is 10.3 Å². The molecule has 2 atom stereocenters. The highest BCUT2D eigenvalue weighted by Gasteiger charge is 2.51. The number of rotatable bonds is 4. The summed E-state index contributed by atoms with van der Waals surface area (Å²) in [5, 5.41) is 3.37. The number of fused-ring (bicyclic) bond motifs is 3. The Morgan fingerprint density at radius 2 is 1.87 bits per heavy atom. The van der Waals surface area contributed by atoms with Gasteiger partial charge in [0, 0.05) is 28.5 Å². The molecule has 1 fully saturated rings. The molecule has 1 saturated carbocycles. The molecule has 30 heavy (non-hydrogen) atoms. The van der Waals surface area contributed by atoms with E-state index in [0.29, 0.717) is 0 Å². The van der Waals surface area contributed by atoms with Crippen molar-refractivity contribution < 1.29 is 4.79 Å². The number of amides is 1. The lowest BCUT2D eigenvalue weighted by molar-refractivity contribution is -0.127. The third kappa shape index (κ3) is 2.94. The molecule has 1 aliphatic heterocycles. The van der Waals surface area contributed by atoms with Crippen LogP contribution in [0, 0.1) is 5.92 Å². The van der Waals surface area contributed by atoms with E-state index in [9.17, 15) is 4.79 Å². The molecule has 154 valence electrons. The molecule has 5 rings (SSSR count). The Kier molecular flexibility index (Phi) is 5.02. The number of nitrogens with one attached hydrogen (secondary N) is 1. The van der Waals surface area contributed by atoms with Crippen LogP contribution in [0.3, 0.4) is 0 Å². The molecule has 1 aromatic heterocycles. The fraction of sp³-hybridized carbons (Fsp3) is 0.360. The molecule has 2 unspecified atom stereocenters. The summed E-state index contributed by atoms with van der Waals surface area (Å²) >= 11 is 3.56. The van der Waals surface area contributed by atoms with Crippen molar-refractivity contribution in [3.05, 3.63) is 76.5 Å². The van der Waals surface area contributed by atoms with Crippen LogP contribution in [0.15, 0.2) is 65.4 Å². The summed E-state index contributed by atoms with van der Waals surface area (Å²) in [4.78, 5) is 18.3. The van der Waals surface area contributed by atoms with Gasteiger partial charge in [-0.3, -0.25) is 4.79 Å². The van der Waals surface area contributed by atoms with Crippen LogP contribution < -0.4 is 5.32 Å². The van der Waals surface area contributed by atoms with Gasteiger partial charge >= 0.3 is 0 Å². The molecular formula is C25H26BrN3O. The molecule has 0 saturated heterocycles. The predicted octanol–water partition coefficient (Wildman–Crippen LogP) is 5.50. The lowest BCUT2D eigenvalue weighted by Crippen LogP contribution is -2.49. The number of nitrogens with zero attached hydrogens (tertiary/aromatic N) is 2. The van der Waals surface area contributed by atoms with Gasteiger partial charge in [0.2, 0.25) is 5.91 Å². The van der Waals surface area contributed by atoms with Crippen molar-refractivity contribution in [1.82, 2.24) is 14.9 Å². The molecule has 3 aromatic rings. The summed E-state index contributed by atoms with van der Waals surface area (Å²) < 4.78 is 3.23. The first kappa shape index (κ1) is 19.6. The number of carbonyl (C=O) groups is 1. The van der Waals surface area contributed by atoms with E-state index in [1.165, 1.54) is 19.3 Å². The fourth-order valence-corrected chi connectivity index (χ4v) is 5.65. The largest absolute Gasteiger partial charge is 0.353 e. The number of imidazole rings is 1. The van der Waals surface area contributed by atoms with Gasteiger partial charge in [-0.25, -0.2) is 4.98 Å². The SMILES string of the molecule is CC(C(=O)NC1CCCCC1)C1(c2ccc(Br)cc2)c2ccccc2-c2nccn21. The molecule has 2 heterocycles. The average Bonchev–Trinajstić information content (AvgIpc) is 3.35. The summed E-state index contributed by atoms with van der Waals surface area (Å²) in [5.74, 6) is 0.740. The van der Waals surface area contributed by atoms with E-state index >= 15 is 0 Å². The minimum absolute atomic E-state index is 0.112. The lowest BCUT2D eigenvalue weighted by Gasteiger charge is -2.39. The zero-order valence-corrected chi connectivity index (χ0v) is 18.7. The van der Waals surface area contributed by atoms with E-state index < -0.39 is 5.54 Å². The molecule has 2 aliphatic rings. The Balaban J connectivity index is 1.65. The first-order valence-electron chi connectivity index (χ1n) is 10.8. The lowest BCUT2D eigenvalue weighted by atomic mass is 9.73. The number of benzene rings is 2. The number of aromatic nitrogens is 2. The van der Waals surface area contributed by atoms with Gasteiger partial charge in [0.05, 0.1) is 5.92 Å². The minimum atomic E-state index is -0.623. The second kappa shape index (κ2) is 7.69. The van der Waals surface area contributed by atoms with E-state index in [1.54, 1.807) is 0 Å². The van der Waals surface area contributed by atoms with Crippen molar-refractivity contribution in [2.75, 3.05) is 0 Å². The van der Waals surface area contributed by atoms with Gasteiger partial charge in [-0.05, 0) is 36.1 Å². The Hall–Kier alpha value is -2.40. The van der Waals surface area contributed by atoms with Gasteiger partial charge in [-0.15, -0.1) is 0 Å². The number of halogens is 1. The highest BCUT2D eigenvalue weighted by atomic mass is 79.9. The maximum Gasteiger partial charge on any atom is 0.226 e. The van der Waals surface area contributed by atoms with E-state index in [4.69, 9.17) is 0 Å². The van der Waals surface area contributed by atoms with Gasteiger partial charge in [0.1, 0.15) is 11.4 Å². The van der Waals surface area contributed by atoms with Crippen LogP contribution in [0.5, 0.6) is 0 Å². The number of carbonyl (C=O) groups excluding carboxylic acids is 1. The van der Waals surface area contributed by atoms with Crippen molar-refractivity contribution in [1.29, 1.82) is 0 Å². The van der Waals surface area contributed by atoms with E-state index in [2.05, 4.69) is 80.2 Å². The zero-order valence-electron chi connectivity index (χ0n) is 17.1. The maximum atomic E-state index is 13.6. The highest BCUT2D eigenvalue weighted by molar-refractivity contribution is 9.10. The van der Waals surface area contributed by atoms with Gasteiger partial charge in [-0.1, -0.05) is 78.5 Å². The third-order valence-electron chi connectivity index (χ3n) is 6.86. The van der Waals surface area contributed by atoms with Crippen LogP contribution in [0.25, 0.3) is 11.4 Å². The summed E-state index contributed by atoms with van der Waals surface area (Å²) in [6, 6.07) is 17.0. The molecule has 0 spiro atoms. The van der Waals surface area contributed by atoms with Crippen LogP contribution in [0.2, 0.25) is 0 Å². The summed E-state index contributed by atoms with van der Waals surface area (Å²) in [6.45, 7) is 2.06. The molecule has 2 aromatic carbocycles. The molecule has 0 bridgehead atoms. The Morgan fingerprint density at radius 3 is 2.63 bits per heavy atom. The average molecular weight is 464 g/mol. The highest BCUT2D eigenvalue weighted by Crippen LogP contribution is 2.51. The van der Waals surface area contributed by atoms with Gasteiger partial charge < -0.3 is 9.88 Å². The minimum Gasteiger partial charge on any atom is -0.353 e. The second-order valence-electron chi connectivity index (χ2n) is 8.50. The quantitative estimate of drug-likeness (QED) is 0.554. The van der Waals surface area contributed by atoms with Crippen molar-refractivity contribution >= 4 is 21.8 Å². The smallest absolute Gasteiger partial charge is 0.226 e. The van der Waals surface area contributed by atoms with Gasteiger partial charge in [0.15, 0.2) is 0 Å². The van der Waals surface area contributed by atoms with Crippen LogP contribution in [-0.4, -0.2) is 21.5 Å². The van der Waals surface area contributed by atoms with Crippen molar-refractivity contribution in [3.8, 4) is 11.4 Å². The Labute approximate surface area is 185 Å². The second-order valence-corrected chi connectivity index (χ2v) is 9.42. The summed E-state index contributed by atoms with van der Waals surface area (Å²) in [6.07, 6.45) is 9.69. The standard InChI is InChI=1S/C25H26BrN3O/c1-17(24(30)28-20-7-3-2-4-8-20)25(18-11-13-19(26)14-12-18)22-10-6-5-9-21(22)23-27-15-16-29(23)25/h5-6,9-17,20H,2-4,7-8H2,1H3,(H,28,30). The van der Waals surface area contributed by atoms with Crippen LogP contribution in [0.4, 0.5) is 0 Å². The predicted molar refractivity (Wildman–Crippen MR) is 122 cm³/mol. The van der Waals surface area contributed by atoms with Crippen LogP contribution in [0.1, 0.15) is 50.2 Å². The summed E-state index contributed by atoms with van der Waals surface area (Å²) in [5.41, 5.74) is 2.72. The van der Waals surface area contributed by atoms with Crippen molar-refractivity contribution in [3.63, 3.8) is 0 Å². The monoisotopic (exact) mass is 463 g/mol. The fourth-order valence-electron chi connectivity index (χ4n) is 5.38. The summed E-state index contributed by atoms with van der Waals surface area (Å²) in [7, 11) is 0. The molecule has 5 heteroatoms. The topological polar surface area (TPSA) is 46.9 Å². The van der Waals surface area contributed by atoms with E-state index in [1.807, 2.05) is 18.5 Å².